The van der Waals surface area contributed by atoms with Gasteiger partial charge in [0, 0.05) is 11.8 Å². The first-order chi connectivity index (χ1) is 5.33. The smallest absolute Gasteiger partial charge is 0.129 e. The predicted octanol–water partition coefficient (Wildman–Crippen LogP) is 2.49. The Hall–Kier alpha value is -0.150. The monoisotopic (exact) mass is 190 g/mol. The van der Waals surface area contributed by atoms with Gasteiger partial charge in [-0.1, -0.05) is 13.3 Å². The Morgan fingerprint density at radius 2 is 2.55 bits per heavy atom. The molecule has 4 heteroatoms. The van der Waals surface area contributed by atoms with Gasteiger partial charge in [0.15, 0.2) is 0 Å². The summed E-state index contributed by atoms with van der Waals surface area (Å²) in [6, 6.07) is 0. The molecular weight excluding hydrogens is 180 g/mol. The van der Waals surface area contributed by atoms with Crippen LogP contribution in [0.1, 0.15) is 24.8 Å². The molecule has 0 aliphatic rings. The first-order valence-corrected chi connectivity index (χ1v) is 4.93. The molecule has 1 aromatic rings. The van der Waals surface area contributed by atoms with Gasteiger partial charge in [0.05, 0.1) is 0 Å². The van der Waals surface area contributed by atoms with E-state index in [0.29, 0.717) is 0 Å². The molecule has 0 aromatic carbocycles. The van der Waals surface area contributed by atoms with Gasteiger partial charge in [0.1, 0.15) is 11.3 Å². The van der Waals surface area contributed by atoms with Crippen LogP contribution >= 0.6 is 23.1 Å². The van der Waals surface area contributed by atoms with E-state index in [2.05, 4.69) is 16.3 Å². The first kappa shape index (κ1) is 8.94. The lowest BCUT2D eigenvalue weighted by Crippen LogP contribution is -2.01. The summed E-state index contributed by atoms with van der Waals surface area (Å²) in [5.74, 6) is 0. The molecule has 1 aromatic heterocycles. The van der Waals surface area contributed by atoms with E-state index in [4.69, 9.17) is 11.6 Å². The normalized spacial score (nSPS) is 13.3. The molecule has 1 rings (SSSR count). The van der Waals surface area contributed by atoms with Gasteiger partial charge in [0.25, 0.3) is 0 Å². The van der Waals surface area contributed by atoms with Crippen LogP contribution in [0, 0.1) is 0 Å². The van der Waals surface area contributed by atoms with Crippen molar-refractivity contribution >= 4 is 23.1 Å². The van der Waals surface area contributed by atoms with Gasteiger partial charge in [0.2, 0.25) is 0 Å². The van der Waals surface area contributed by atoms with Gasteiger partial charge in [-0.3, -0.25) is 0 Å². The molecule has 1 heterocycles. The van der Waals surface area contributed by atoms with E-state index in [0.717, 1.165) is 24.3 Å². The molecule has 0 saturated heterocycles. The van der Waals surface area contributed by atoms with Gasteiger partial charge >= 0.3 is 0 Å². The van der Waals surface area contributed by atoms with Crippen molar-refractivity contribution in [3.8, 4) is 0 Å². The van der Waals surface area contributed by atoms with Crippen molar-refractivity contribution in [2.24, 2.45) is 0 Å². The average Bonchev–Trinajstić information content (AvgIpc) is 2.40. The SMILES string of the molecule is CCCC(Cl)Cc1ncns1. The molecule has 0 spiro atoms. The maximum Gasteiger partial charge on any atom is 0.129 e. The fourth-order valence-electron chi connectivity index (χ4n) is 0.891. The summed E-state index contributed by atoms with van der Waals surface area (Å²) in [6.07, 6.45) is 4.63. The first-order valence-electron chi connectivity index (χ1n) is 3.72. The van der Waals surface area contributed by atoms with Crippen LogP contribution < -0.4 is 0 Å². The zero-order valence-electron chi connectivity index (χ0n) is 6.46. The highest BCUT2D eigenvalue weighted by molar-refractivity contribution is 7.05. The van der Waals surface area contributed by atoms with E-state index >= 15 is 0 Å². The van der Waals surface area contributed by atoms with Gasteiger partial charge in [-0.05, 0) is 18.0 Å². The number of alkyl halides is 1. The van der Waals surface area contributed by atoms with Crippen molar-refractivity contribution in [2.45, 2.75) is 31.6 Å². The lowest BCUT2D eigenvalue weighted by Gasteiger charge is -2.02. The van der Waals surface area contributed by atoms with Crippen LogP contribution in [0.5, 0.6) is 0 Å². The molecule has 62 valence electrons. The Morgan fingerprint density at radius 1 is 1.73 bits per heavy atom. The Morgan fingerprint density at radius 3 is 3.09 bits per heavy atom. The fraction of sp³-hybridized carbons (Fsp3) is 0.714. The van der Waals surface area contributed by atoms with Crippen molar-refractivity contribution in [3.05, 3.63) is 11.3 Å². The lowest BCUT2D eigenvalue weighted by atomic mass is 10.2. The zero-order valence-corrected chi connectivity index (χ0v) is 8.03. The molecule has 0 radical (unpaired) electrons. The third-order valence-electron chi connectivity index (χ3n) is 1.40. The molecule has 0 aliphatic carbocycles. The number of hydrogen-bond acceptors (Lipinski definition) is 3. The number of aromatic nitrogens is 2. The van der Waals surface area contributed by atoms with Crippen molar-refractivity contribution in [2.75, 3.05) is 0 Å². The van der Waals surface area contributed by atoms with Crippen LogP contribution in [-0.2, 0) is 6.42 Å². The van der Waals surface area contributed by atoms with Gasteiger partial charge in [-0.25, -0.2) is 4.98 Å². The number of nitrogens with zero attached hydrogens (tertiary/aromatic N) is 2. The van der Waals surface area contributed by atoms with E-state index < -0.39 is 0 Å². The van der Waals surface area contributed by atoms with Gasteiger partial charge in [-0.2, -0.15) is 4.37 Å². The number of hydrogen-bond donors (Lipinski definition) is 0. The third-order valence-corrected chi connectivity index (χ3v) is 2.46. The molecule has 0 amide bonds. The summed E-state index contributed by atoms with van der Waals surface area (Å²) in [7, 11) is 0. The molecule has 0 aliphatic heterocycles. The molecular formula is C7H11ClN2S. The minimum Gasteiger partial charge on any atom is -0.228 e. The topological polar surface area (TPSA) is 25.8 Å². The molecule has 1 atom stereocenters. The Bertz CT molecular complexity index is 188. The zero-order chi connectivity index (χ0) is 8.10. The summed E-state index contributed by atoms with van der Waals surface area (Å²) in [5.41, 5.74) is 0. The summed E-state index contributed by atoms with van der Waals surface area (Å²) in [4.78, 5) is 4.06. The lowest BCUT2D eigenvalue weighted by molar-refractivity contribution is 0.724. The predicted molar refractivity (Wildman–Crippen MR) is 48.2 cm³/mol. The minimum absolute atomic E-state index is 0.230. The molecule has 11 heavy (non-hydrogen) atoms. The van der Waals surface area contributed by atoms with E-state index in [1.165, 1.54) is 11.5 Å². The van der Waals surface area contributed by atoms with Crippen molar-refractivity contribution in [3.63, 3.8) is 0 Å². The van der Waals surface area contributed by atoms with Crippen molar-refractivity contribution < 1.29 is 0 Å². The molecule has 1 unspecified atom stereocenters. The molecule has 0 fully saturated rings. The highest BCUT2D eigenvalue weighted by Crippen LogP contribution is 2.12. The summed E-state index contributed by atoms with van der Waals surface area (Å²) < 4.78 is 3.91. The van der Waals surface area contributed by atoms with Crippen LogP contribution in [0.3, 0.4) is 0 Å². The van der Waals surface area contributed by atoms with Gasteiger partial charge in [-0.15, -0.1) is 11.6 Å². The van der Waals surface area contributed by atoms with Crippen LogP contribution in [0.15, 0.2) is 6.33 Å². The van der Waals surface area contributed by atoms with E-state index in [9.17, 15) is 0 Å². The van der Waals surface area contributed by atoms with Crippen molar-refractivity contribution in [1.29, 1.82) is 0 Å². The highest BCUT2D eigenvalue weighted by Gasteiger charge is 2.06. The second-order valence-corrected chi connectivity index (χ2v) is 3.91. The summed E-state index contributed by atoms with van der Waals surface area (Å²) in [6.45, 7) is 2.13. The Labute approximate surface area is 75.8 Å². The minimum atomic E-state index is 0.230. The Balaban J connectivity index is 2.31. The standard InChI is InChI=1S/C7H11ClN2S/c1-2-3-6(8)4-7-9-5-10-11-7/h5-6H,2-4H2,1H3. The molecule has 0 bridgehead atoms. The Kier molecular flexibility index (Phi) is 3.80. The highest BCUT2D eigenvalue weighted by atomic mass is 35.5. The van der Waals surface area contributed by atoms with Gasteiger partial charge < -0.3 is 0 Å². The number of halogens is 1. The summed E-state index contributed by atoms with van der Waals surface area (Å²) in [5, 5.41) is 1.27. The largest absolute Gasteiger partial charge is 0.228 e. The fourth-order valence-corrected chi connectivity index (χ4v) is 1.93. The average molecular weight is 191 g/mol. The number of rotatable bonds is 4. The quantitative estimate of drug-likeness (QED) is 0.682. The van der Waals surface area contributed by atoms with Crippen LogP contribution in [-0.4, -0.2) is 14.7 Å². The van der Waals surface area contributed by atoms with E-state index in [1.54, 1.807) is 6.33 Å². The van der Waals surface area contributed by atoms with Crippen molar-refractivity contribution in [1.82, 2.24) is 9.36 Å². The second-order valence-electron chi connectivity index (χ2n) is 2.43. The third kappa shape index (κ3) is 3.16. The molecule has 0 saturated carbocycles. The molecule has 2 nitrogen and oxygen atoms in total. The van der Waals surface area contributed by atoms with E-state index in [-0.39, 0.29) is 5.38 Å². The van der Waals surface area contributed by atoms with E-state index in [1.807, 2.05) is 0 Å². The van der Waals surface area contributed by atoms with Crippen LogP contribution in [0.2, 0.25) is 0 Å². The van der Waals surface area contributed by atoms with Crippen LogP contribution in [0.4, 0.5) is 0 Å². The maximum atomic E-state index is 6.01. The molecule has 0 N–H and O–H groups in total. The second kappa shape index (κ2) is 4.67. The van der Waals surface area contributed by atoms with Crippen LogP contribution in [0.25, 0.3) is 0 Å². The summed E-state index contributed by atoms with van der Waals surface area (Å²) >= 11 is 7.44. The maximum absolute atomic E-state index is 6.01.